The summed E-state index contributed by atoms with van der Waals surface area (Å²) in [6.45, 7) is 7.19. The van der Waals surface area contributed by atoms with Gasteiger partial charge in [0.1, 0.15) is 11.3 Å². The van der Waals surface area contributed by atoms with Crippen molar-refractivity contribution in [3.63, 3.8) is 0 Å². The minimum Gasteiger partial charge on any atom is -0.340 e. The first-order valence-electron chi connectivity index (χ1n) is 10.1. The first kappa shape index (κ1) is 19.6. The zero-order valence-corrected chi connectivity index (χ0v) is 18.0. The number of benzene rings is 2. The summed E-state index contributed by atoms with van der Waals surface area (Å²) < 4.78 is 27.9. The summed E-state index contributed by atoms with van der Waals surface area (Å²) in [5, 5.41) is 4.59. The number of imidazole rings is 1. The molecular formula is C23H23F2N4S. The summed E-state index contributed by atoms with van der Waals surface area (Å²) in [6, 6.07) is 11.2. The Morgan fingerprint density at radius 2 is 1.97 bits per heavy atom. The fourth-order valence-corrected chi connectivity index (χ4v) is 5.37. The lowest BCUT2D eigenvalue weighted by molar-refractivity contribution is -0.0558. The van der Waals surface area contributed by atoms with Crippen molar-refractivity contribution >= 4 is 27.7 Å². The quantitative estimate of drug-likeness (QED) is 0.595. The Balaban J connectivity index is 1.51. The van der Waals surface area contributed by atoms with E-state index in [9.17, 15) is 8.78 Å². The third-order valence-electron chi connectivity index (χ3n) is 6.08. The van der Waals surface area contributed by atoms with Crippen molar-refractivity contribution in [1.82, 2.24) is 20.0 Å². The third-order valence-corrected chi connectivity index (χ3v) is 7.19. The molecule has 0 saturated carbocycles. The van der Waals surface area contributed by atoms with Gasteiger partial charge in [-0.3, -0.25) is 5.01 Å². The lowest BCUT2D eigenvalue weighted by atomic mass is 9.99. The molecule has 7 heteroatoms. The molecular weight excluding hydrogens is 402 g/mol. The summed E-state index contributed by atoms with van der Waals surface area (Å²) in [6.07, 6.45) is 5.41. The number of aryl methyl sites for hydroxylation is 1. The molecule has 3 aromatic rings. The SMILES string of the molecule is Cc1ccc(C2=[C]N(N3CCC[C@@]3(C)c3nc4c(F)c(F)ccc4[nH]3)C(C)S2)cc1. The maximum Gasteiger partial charge on any atom is 0.186 e. The van der Waals surface area contributed by atoms with Crippen LogP contribution in [0.4, 0.5) is 8.78 Å². The van der Waals surface area contributed by atoms with Crippen molar-refractivity contribution in [2.24, 2.45) is 0 Å². The average Bonchev–Trinajstić information content (AvgIpc) is 3.43. The Morgan fingerprint density at radius 1 is 1.20 bits per heavy atom. The summed E-state index contributed by atoms with van der Waals surface area (Å²) in [5.41, 5.74) is 2.50. The highest BCUT2D eigenvalue weighted by molar-refractivity contribution is 8.09. The van der Waals surface area contributed by atoms with E-state index in [-0.39, 0.29) is 10.9 Å². The number of fused-ring (bicyclic) bond motifs is 1. The topological polar surface area (TPSA) is 35.2 Å². The molecule has 1 radical (unpaired) electrons. The molecule has 2 aliphatic heterocycles. The number of thioether (sulfide) groups is 1. The molecule has 155 valence electrons. The van der Waals surface area contributed by atoms with Crippen LogP contribution < -0.4 is 0 Å². The molecule has 1 aromatic heterocycles. The first-order chi connectivity index (χ1) is 14.4. The van der Waals surface area contributed by atoms with Gasteiger partial charge in [0, 0.05) is 11.4 Å². The van der Waals surface area contributed by atoms with Crippen LogP contribution in [0.25, 0.3) is 15.9 Å². The minimum absolute atomic E-state index is 0.0572. The lowest BCUT2D eigenvalue weighted by Crippen LogP contribution is -2.50. The zero-order valence-electron chi connectivity index (χ0n) is 17.2. The molecule has 2 atom stereocenters. The monoisotopic (exact) mass is 425 g/mol. The van der Waals surface area contributed by atoms with Gasteiger partial charge in [-0.05, 0) is 51.3 Å². The van der Waals surface area contributed by atoms with Gasteiger partial charge in [0.25, 0.3) is 0 Å². The number of rotatable bonds is 3. The van der Waals surface area contributed by atoms with Gasteiger partial charge in [-0.1, -0.05) is 41.6 Å². The number of hydrogen-bond donors (Lipinski definition) is 1. The van der Waals surface area contributed by atoms with Crippen molar-refractivity contribution in [2.75, 3.05) is 6.54 Å². The Labute approximate surface area is 178 Å². The molecule has 1 unspecified atom stereocenters. The van der Waals surface area contributed by atoms with Crippen molar-refractivity contribution < 1.29 is 8.78 Å². The number of nitrogens with one attached hydrogen (secondary N) is 1. The molecule has 1 N–H and O–H groups in total. The predicted octanol–water partition coefficient (Wildman–Crippen LogP) is 5.57. The standard InChI is InChI=1S/C23H23F2N4S/c1-14-5-7-16(8-6-14)19-13-28(15(2)30-19)29-12-4-11-23(29,3)22-26-18-10-9-17(24)20(25)21(18)27-22/h5-10,15H,4,11-12H2,1-3H3,(H,26,27)/t15?,23-/m0/s1. The Kier molecular flexibility index (Phi) is 4.63. The second-order valence-electron chi connectivity index (χ2n) is 8.21. The summed E-state index contributed by atoms with van der Waals surface area (Å²) in [4.78, 5) is 8.82. The molecule has 5 rings (SSSR count). The van der Waals surface area contributed by atoms with Crippen LogP contribution in [-0.2, 0) is 5.54 Å². The fourth-order valence-electron chi connectivity index (χ4n) is 4.34. The number of H-pyrrole nitrogens is 1. The highest BCUT2D eigenvalue weighted by Gasteiger charge is 2.46. The lowest BCUT2D eigenvalue weighted by Gasteiger charge is -2.41. The number of hydrazine groups is 1. The van der Waals surface area contributed by atoms with E-state index in [0.717, 1.165) is 35.9 Å². The molecule has 2 aliphatic rings. The van der Waals surface area contributed by atoms with Gasteiger partial charge < -0.3 is 4.98 Å². The second kappa shape index (κ2) is 7.10. The molecule has 0 aliphatic carbocycles. The van der Waals surface area contributed by atoms with Gasteiger partial charge in [-0.2, -0.15) is 0 Å². The van der Waals surface area contributed by atoms with Gasteiger partial charge in [-0.15, -0.1) is 0 Å². The molecule has 0 spiro atoms. The maximum absolute atomic E-state index is 14.3. The third kappa shape index (κ3) is 3.03. The van der Waals surface area contributed by atoms with Gasteiger partial charge >= 0.3 is 0 Å². The summed E-state index contributed by atoms with van der Waals surface area (Å²) in [5.74, 6) is -1.12. The summed E-state index contributed by atoms with van der Waals surface area (Å²) in [7, 11) is 0. The maximum atomic E-state index is 14.3. The van der Waals surface area contributed by atoms with Crippen molar-refractivity contribution in [3.05, 3.63) is 71.2 Å². The van der Waals surface area contributed by atoms with Crippen LogP contribution in [0.5, 0.6) is 0 Å². The van der Waals surface area contributed by atoms with Gasteiger partial charge in [0.15, 0.2) is 11.6 Å². The zero-order chi connectivity index (χ0) is 21.0. The van der Waals surface area contributed by atoms with Crippen LogP contribution in [0.3, 0.4) is 0 Å². The van der Waals surface area contributed by atoms with Gasteiger partial charge in [-0.25, -0.2) is 18.8 Å². The van der Waals surface area contributed by atoms with Crippen LogP contribution in [0.1, 0.15) is 43.6 Å². The highest BCUT2D eigenvalue weighted by Crippen LogP contribution is 2.46. The Hall–Kier alpha value is -2.38. The van der Waals surface area contributed by atoms with E-state index in [2.05, 4.69) is 71.2 Å². The minimum atomic E-state index is -0.902. The van der Waals surface area contributed by atoms with Gasteiger partial charge in [0.05, 0.1) is 22.6 Å². The normalized spacial score (nSPS) is 24.8. The number of halogens is 2. The van der Waals surface area contributed by atoms with E-state index in [1.165, 1.54) is 5.56 Å². The van der Waals surface area contributed by atoms with Crippen LogP contribution >= 0.6 is 11.8 Å². The molecule has 2 aromatic carbocycles. The van der Waals surface area contributed by atoms with E-state index in [1.54, 1.807) is 17.8 Å². The van der Waals surface area contributed by atoms with Crippen LogP contribution in [0, 0.1) is 24.8 Å². The van der Waals surface area contributed by atoms with Crippen LogP contribution in [0.15, 0.2) is 36.4 Å². The molecule has 30 heavy (non-hydrogen) atoms. The molecule has 4 nitrogen and oxygen atoms in total. The van der Waals surface area contributed by atoms with Crippen molar-refractivity contribution in [2.45, 2.75) is 44.5 Å². The number of hydrogen-bond acceptors (Lipinski definition) is 4. The molecule has 3 heterocycles. The second-order valence-corrected chi connectivity index (χ2v) is 9.54. The van der Waals surface area contributed by atoms with E-state index < -0.39 is 17.2 Å². The van der Waals surface area contributed by atoms with E-state index in [4.69, 9.17) is 0 Å². The highest BCUT2D eigenvalue weighted by atomic mass is 32.2. The van der Waals surface area contributed by atoms with Crippen LogP contribution in [0.2, 0.25) is 0 Å². The summed E-state index contributed by atoms with van der Waals surface area (Å²) >= 11 is 1.77. The van der Waals surface area contributed by atoms with E-state index in [0.29, 0.717) is 11.3 Å². The number of nitrogens with zero attached hydrogens (tertiary/aromatic N) is 3. The van der Waals surface area contributed by atoms with Crippen molar-refractivity contribution in [3.8, 4) is 0 Å². The van der Waals surface area contributed by atoms with E-state index in [1.807, 2.05) is 0 Å². The average molecular weight is 426 g/mol. The number of aromatic amines is 1. The number of aromatic nitrogens is 2. The first-order valence-corrected chi connectivity index (χ1v) is 11.0. The fraction of sp³-hybridized carbons (Fsp3) is 0.348. The van der Waals surface area contributed by atoms with E-state index >= 15 is 0 Å². The van der Waals surface area contributed by atoms with Crippen molar-refractivity contribution in [1.29, 1.82) is 0 Å². The Bertz CT molecular complexity index is 1140. The molecule has 0 amide bonds. The smallest absolute Gasteiger partial charge is 0.186 e. The molecule has 1 saturated heterocycles. The largest absolute Gasteiger partial charge is 0.340 e. The van der Waals surface area contributed by atoms with Gasteiger partial charge in [0.2, 0.25) is 0 Å². The predicted molar refractivity (Wildman–Crippen MR) is 116 cm³/mol. The Morgan fingerprint density at radius 3 is 2.73 bits per heavy atom. The van der Waals surface area contributed by atoms with Crippen LogP contribution in [-0.4, -0.2) is 31.9 Å². The molecule has 0 bridgehead atoms. The molecule has 1 fully saturated rings.